The predicted molar refractivity (Wildman–Crippen MR) is 119 cm³/mol. The smallest absolute Gasteiger partial charge is 0.245 e. The van der Waals surface area contributed by atoms with Crippen LogP contribution < -0.4 is 20.9 Å². The molecule has 4 aromatic rings. The summed E-state index contributed by atoms with van der Waals surface area (Å²) in [4.78, 5) is 18.6. The first-order valence-corrected chi connectivity index (χ1v) is 11.6. The lowest BCUT2D eigenvalue weighted by molar-refractivity contribution is 0.330. The first-order chi connectivity index (χ1) is 14.8. The molecule has 0 aliphatic rings. The van der Waals surface area contributed by atoms with Crippen LogP contribution in [0.2, 0.25) is 0 Å². The van der Waals surface area contributed by atoms with Crippen LogP contribution in [0.1, 0.15) is 12.5 Å². The van der Waals surface area contributed by atoms with Gasteiger partial charge in [-0.1, -0.05) is 23.5 Å². The highest BCUT2D eigenvalue weighted by molar-refractivity contribution is 7.89. The minimum Gasteiger partial charge on any atom is -0.476 e. The molecule has 0 saturated heterocycles. The third-order valence-corrected chi connectivity index (χ3v) is 6.05. The number of nitrogens with zero attached hydrogens (tertiary/aromatic N) is 4. The standard InChI is InChI=1S/C19H19N7O3S2/c1-2-29-17-16-14(8-7-13(24-16)15-10-22-18(20)30-15)25-19(26-17)23-9-11-3-5-12(6-4-11)31(21,27)28/h3-8,10H,2,9H2,1H3,(H2,20,22)(H2,21,27,28)(H,23,25,26). The maximum absolute atomic E-state index is 11.4. The zero-order valence-electron chi connectivity index (χ0n) is 16.4. The number of benzene rings is 1. The normalized spacial score (nSPS) is 11.5. The van der Waals surface area contributed by atoms with Gasteiger partial charge >= 0.3 is 0 Å². The van der Waals surface area contributed by atoms with Crippen molar-refractivity contribution in [1.29, 1.82) is 0 Å². The highest BCUT2D eigenvalue weighted by atomic mass is 32.2. The number of hydrogen-bond donors (Lipinski definition) is 3. The molecule has 10 nitrogen and oxygen atoms in total. The number of ether oxygens (including phenoxy) is 1. The fourth-order valence-electron chi connectivity index (χ4n) is 2.83. The van der Waals surface area contributed by atoms with Crippen molar-refractivity contribution in [1.82, 2.24) is 19.9 Å². The molecule has 1 aromatic carbocycles. The minimum atomic E-state index is -3.72. The van der Waals surface area contributed by atoms with Gasteiger partial charge in [-0.15, -0.1) is 0 Å². The van der Waals surface area contributed by atoms with Crippen molar-refractivity contribution in [3.63, 3.8) is 0 Å². The highest BCUT2D eigenvalue weighted by Crippen LogP contribution is 2.30. The Morgan fingerprint density at radius 3 is 2.52 bits per heavy atom. The average Bonchev–Trinajstić information content (AvgIpc) is 3.18. The van der Waals surface area contributed by atoms with E-state index in [0.717, 1.165) is 10.4 Å². The molecular weight excluding hydrogens is 438 g/mol. The number of anilines is 2. The molecular formula is C19H19N7O3S2. The fraction of sp³-hybridized carbons (Fsp3) is 0.158. The van der Waals surface area contributed by atoms with Crippen LogP contribution in [0.4, 0.5) is 11.1 Å². The lowest BCUT2D eigenvalue weighted by Gasteiger charge is -2.11. The van der Waals surface area contributed by atoms with Gasteiger partial charge in [-0.05, 0) is 36.8 Å². The van der Waals surface area contributed by atoms with Gasteiger partial charge in [0, 0.05) is 12.7 Å². The van der Waals surface area contributed by atoms with E-state index in [1.807, 2.05) is 19.1 Å². The summed E-state index contributed by atoms with van der Waals surface area (Å²) in [5.74, 6) is 0.724. The topological polar surface area (TPSA) is 159 Å². The van der Waals surface area contributed by atoms with Crippen LogP contribution in [-0.4, -0.2) is 35.0 Å². The van der Waals surface area contributed by atoms with E-state index >= 15 is 0 Å². The molecule has 5 N–H and O–H groups in total. The van der Waals surface area contributed by atoms with E-state index in [1.165, 1.54) is 23.5 Å². The third-order valence-electron chi connectivity index (χ3n) is 4.27. The maximum Gasteiger partial charge on any atom is 0.245 e. The minimum absolute atomic E-state index is 0.0569. The predicted octanol–water partition coefficient (Wildman–Crippen LogP) is 2.39. The monoisotopic (exact) mass is 457 g/mol. The first kappa shape index (κ1) is 20.9. The molecule has 12 heteroatoms. The van der Waals surface area contributed by atoms with Crippen LogP contribution in [0.15, 0.2) is 47.5 Å². The number of rotatable bonds is 7. The number of pyridine rings is 1. The molecule has 4 rings (SSSR count). The molecule has 0 aliphatic carbocycles. The summed E-state index contributed by atoms with van der Waals surface area (Å²) in [6, 6.07) is 9.93. The molecule has 0 saturated carbocycles. The summed E-state index contributed by atoms with van der Waals surface area (Å²) in [6.07, 6.45) is 1.67. The van der Waals surface area contributed by atoms with Crippen molar-refractivity contribution in [3.8, 4) is 16.5 Å². The number of sulfonamides is 1. The van der Waals surface area contributed by atoms with E-state index < -0.39 is 10.0 Å². The molecule has 0 radical (unpaired) electrons. The largest absolute Gasteiger partial charge is 0.476 e. The second-order valence-corrected chi connectivity index (χ2v) is 9.08. The molecule has 0 aliphatic heterocycles. The summed E-state index contributed by atoms with van der Waals surface area (Å²) in [6.45, 7) is 2.66. The molecule has 0 spiro atoms. The van der Waals surface area contributed by atoms with Crippen molar-refractivity contribution >= 4 is 43.5 Å². The summed E-state index contributed by atoms with van der Waals surface area (Å²) in [7, 11) is -3.72. The molecule has 0 fully saturated rings. The first-order valence-electron chi connectivity index (χ1n) is 9.22. The van der Waals surface area contributed by atoms with Gasteiger partial charge in [0.25, 0.3) is 0 Å². The van der Waals surface area contributed by atoms with E-state index in [9.17, 15) is 8.42 Å². The molecule has 0 amide bonds. The molecule has 3 heterocycles. The molecule has 160 valence electrons. The van der Waals surface area contributed by atoms with Crippen molar-refractivity contribution < 1.29 is 13.2 Å². The van der Waals surface area contributed by atoms with E-state index in [0.29, 0.717) is 46.8 Å². The third kappa shape index (κ3) is 4.71. The molecule has 0 atom stereocenters. The van der Waals surface area contributed by atoms with Gasteiger partial charge in [0.1, 0.15) is 0 Å². The van der Waals surface area contributed by atoms with E-state index in [2.05, 4.69) is 25.3 Å². The molecule has 0 bridgehead atoms. The van der Waals surface area contributed by atoms with Gasteiger partial charge in [0.2, 0.25) is 21.9 Å². The molecule has 0 unspecified atom stereocenters. The Morgan fingerprint density at radius 1 is 1.10 bits per heavy atom. The quantitative estimate of drug-likeness (QED) is 0.378. The van der Waals surface area contributed by atoms with Crippen LogP contribution in [0, 0.1) is 0 Å². The van der Waals surface area contributed by atoms with Gasteiger partial charge < -0.3 is 15.8 Å². The van der Waals surface area contributed by atoms with Crippen molar-refractivity contribution in [2.45, 2.75) is 18.4 Å². The van der Waals surface area contributed by atoms with Crippen LogP contribution in [0.5, 0.6) is 5.88 Å². The number of aromatic nitrogens is 4. The van der Waals surface area contributed by atoms with Crippen LogP contribution >= 0.6 is 11.3 Å². The van der Waals surface area contributed by atoms with Crippen molar-refractivity contribution in [2.75, 3.05) is 17.7 Å². The summed E-state index contributed by atoms with van der Waals surface area (Å²) in [5.41, 5.74) is 8.42. The lowest BCUT2D eigenvalue weighted by Crippen LogP contribution is -2.12. The Bertz CT molecular complexity index is 1340. The van der Waals surface area contributed by atoms with Gasteiger partial charge in [0.15, 0.2) is 10.6 Å². The second kappa shape index (κ2) is 8.41. The van der Waals surface area contributed by atoms with Gasteiger partial charge in [-0.2, -0.15) is 4.98 Å². The van der Waals surface area contributed by atoms with Gasteiger partial charge in [0.05, 0.1) is 27.6 Å². The Hall–Kier alpha value is -3.35. The summed E-state index contributed by atoms with van der Waals surface area (Å²) >= 11 is 1.34. The van der Waals surface area contributed by atoms with E-state index in [-0.39, 0.29) is 4.90 Å². The SMILES string of the molecule is CCOc1nc(NCc2ccc(S(N)(=O)=O)cc2)nc2ccc(-c3cnc(N)s3)nc12. The Morgan fingerprint density at radius 2 is 1.87 bits per heavy atom. The summed E-state index contributed by atoms with van der Waals surface area (Å²) in [5, 5.41) is 8.72. The number of hydrogen-bond acceptors (Lipinski definition) is 10. The maximum atomic E-state index is 11.4. The highest BCUT2D eigenvalue weighted by Gasteiger charge is 2.13. The van der Waals surface area contributed by atoms with Crippen LogP contribution in [0.25, 0.3) is 21.6 Å². The number of nitrogen functional groups attached to an aromatic ring is 1. The number of fused-ring (bicyclic) bond motifs is 1. The van der Waals surface area contributed by atoms with Gasteiger partial charge in [-0.25, -0.2) is 28.5 Å². The fourth-order valence-corrected chi connectivity index (χ4v) is 4.00. The molecule has 3 aromatic heterocycles. The van der Waals surface area contributed by atoms with Crippen molar-refractivity contribution in [3.05, 3.63) is 48.2 Å². The Labute approximate surface area is 182 Å². The molecule has 31 heavy (non-hydrogen) atoms. The number of thiazole rings is 1. The Kier molecular flexibility index (Phi) is 5.67. The average molecular weight is 458 g/mol. The van der Waals surface area contributed by atoms with E-state index in [1.54, 1.807) is 18.3 Å². The summed E-state index contributed by atoms with van der Waals surface area (Å²) < 4.78 is 28.4. The van der Waals surface area contributed by atoms with Gasteiger partial charge in [-0.3, -0.25) is 0 Å². The van der Waals surface area contributed by atoms with Crippen molar-refractivity contribution in [2.24, 2.45) is 5.14 Å². The lowest BCUT2D eigenvalue weighted by atomic mass is 10.2. The number of primary sulfonamides is 1. The zero-order valence-corrected chi connectivity index (χ0v) is 18.1. The van der Waals surface area contributed by atoms with Crippen LogP contribution in [0.3, 0.4) is 0 Å². The second-order valence-electron chi connectivity index (χ2n) is 6.45. The van der Waals surface area contributed by atoms with E-state index in [4.69, 9.17) is 15.6 Å². The Balaban J connectivity index is 1.61. The zero-order chi connectivity index (χ0) is 22.0. The van der Waals surface area contributed by atoms with Crippen LogP contribution in [-0.2, 0) is 16.6 Å². The number of nitrogens with two attached hydrogens (primary N) is 2. The number of nitrogens with one attached hydrogen (secondary N) is 1.